The molecule has 0 fully saturated rings. The van der Waals surface area contributed by atoms with Crippen LogP contribution in [0.2, 0.25) is 5.02 Å². The fourth-order valence-electron chi connectivity index (χ4n) is 2.59. The average molecular weight is 302 g/mol. The summed E-state index contributed by atoms with van der Waals surface area (Å²) in [6.07, 6.45) is 0.606. The van der Waals surface area contributed by atoms with E-state index in [-0.39, 0.29) is 11.7 Å². The van der Waals surface area contributed by atoms with Crippen LogP contribution >= 0.6 is 11.6 Å². The summed E-state index contributed by atoms with van der Waals surface area (Å²) in [4.78, 5) is 21.0. The molecule has 0 atom stereocenters. The van der Waals surface area contributed by atoms with Gasteiger partial charge in [0, 0.05) is 43.1 Å². The Labute approximate surface area is 126 Å². The van der Waals surface area contributed by atoms with Crippen molar-refractivity contribution in [3.63, 3.8) is 0 Å². The molecule has 21 heavy (non-hydrogen) atoms. The van der Waals surface area contributed by atoms with Crippen LogP contribution in [0.1, 0.15) is 18.2 Å². The van der Waals surface area contributed by atoms with E-state index in [0.717, 1.165) is 11.3 Å². The molecule has 1 N–H and O–H groups in total. The van der Waals surface area contributed by atoms with Gasteiger partial charge >= 0.3 is 0 Å². The predicted molar refractivity (Wildman–Crippen MR) is 79.5 cm³/mol. The smallest absolute Gasteiger partial charge is 0.219 e. The lowest BCUT2D eigenvalue weighted by atomic mass is 10.0. The van der Waals surface area contributed by atoms with Crippen LogP contribution in [0.25, 0.3) is 15.7 Å². The summed E-state index contributed by atoms with van der Waals surface area (Å²) in [5.74, 6) is -0.0493. The Kier molecular flexibility index (Phi) is 3.19. The molecule has 0 saturated heterocycles. The summed E-state index contributed by atoms with van der Waals surface area (Å²) in [6.45, 7) is 9.59. The number of phenolic OH excluding ortho intramolecular Hbond substituents is 1. The molecule has 5 nitrogen and oxygen atoms in total. The van der Waals surface area contributed by atoms with Gasteiger partial charge in [-0.05, 0) is 12.1 Å². The maximum atomic E-state index is 11.5. The first-order valence-electron chi connectivity index (χ1n) is 6.48. The number of nitrogens with zero attached hydrogens (tertiary/aromatic N) is 3. The number of carbonyl (C=O) groups excluding carboxylic acids is 1. The van der Waals surface area contributed by atoms with E-state index in [1.165, 1.54) is 13.0 Å². The third-order valence-electron chi connectivity index (χ3n) is 3.71. The van der Waals surface area contributed by atoms with Crippen molar-refractivity contribution in [2.75, 3.05) is 6.54 Å². The molecule has 106 valence electrons. The molecule has 0 unspecified atom stereocenters. The number of fused-ring (bicyclic) bond motifs is 2. The van der Waals surface area contributed by atoms with Crippen LogP contribution in [-0.2, 0) is 17.8 Å². The summed E-state index contributed by atoms with van der Waals surface area (Å²) in [5, 5.41) is 11.0. The van der Waals surface area contributed by atoms with E-state index < -0.39 is 0 Å². The summed E-state index contributed by atoms with van der Waals surface area (Å²) in [7, 11) is 0. The molecule has 3 rings (SSSR count). The zero-order valence-electron chi connectivity index (χ0n) is 11.4. The number of carbonyl (C=O) groups is 1. The summed E-state index contributed by atoms with van der Waals surface area (Å²) in [6, 6.07) is 3.00. The van der Waals surface area contributed by atoms with Gasteiger partial charge in [-0.25, -0.2) is 9.83 Å². The van der Waals surface area contributed by atoms with Gasteiger partial charge in [0.2, 0.25) is 5.91 Å². The third-order valence-corrected chi connectivity index (χ3v) is 4.14. The molecule has 1 aromatic carbocycles. The van der Waals surface area contributed by atoms with Crippen LogP contribution in [0.5, 0.6) is 5.75 Å². The highest BCUT2D eigenvalue weighted by atomic mass is 35.5. The van der Waals surface area contributed by atoms with Crippen LogP contribution in [-0.4, -0.2) is 27.4 Å². The maximum Gasteiger partial charge on any atom is 0.219 e. The van der Waals surface area contributed by atoms with Gasteiger partial charge in [0.1, 0.15) is 11.3 Å². The van der Waals surface area contributed by atoms with Gasteiger partial charge in [-0.2, -0.15) is 0 Å². The topological polar surface area (TPSA) is 57.8 Å². The van der Waals surface area contributed by atoms with Gasteiger partial charge in [-0.15, -0.1) is 0 Å². The number of hydrogen-bond acceptors (Lipinski definition) is 3. The van der Waals surface area contributed by atoms with E-state index in [1.54, 1.807) is 11.0 Å². The van der Waals surface area contributed by atoms with Crippen LogP contribution in [0, 0.1) is 6.57 Å². The van der Waals surface area contributed by atoms with E-state index in [2.05, 4.69) is 9.83 Å². The van der Waals surface area contributed by atoms with Gasteiger partial charge in [0.25, 0.3) is 0 Å². The van der Waals surface area contributed by atoms with Gasteiger partial charge in [-0.1, -0.05) is 11.6 Å². The van der Waals surface area contributed by atoms with E-state index in [4.69, 9.17) is 18.2 Å². The SMILES string of the molecule is [C-]#[N+]c1cc(O)c2nc3c(c(Cl)c2c1)CN(C(C)=O)CC3. The maximum absolute atomic E-state index is 11.5. The Morgan fingerprint density at radius 1 is 1.52 bits per heavy atom. The van der Waals surface area contributed by atoms with Gasteiger partial charge < -0.3 is 10.0 Å². The fraction of sp³-hybridized carbons (Fsp3) is 0.267. The fourth-order valence-corrected chi connectivity index (χ4v) is 2.91. The molecule has 6 heteroatoms. The Morgan fingerprint density at radius 2 is 2.29 bits per heavy atom. The Morgan fingerprint density at radius 3 is 2.95 bits per heavy atom. The highest BCUT2D eigenvalue weighted by Crippen LogP contribution is 2.37. The van der Waals surface area contributed by atoms with Crippen molar-refractivity contribution < 1.29 is 9.90 Å². The molecule has 0 aliphatic carbocycles. The lowest BCUT2D eigenvalue weighted by Gasteiger charge is -2.28. The van der Waals surface area contributed by atoms with Crippen molar-refractivity contribution >= 4 is 34.1 Å². The second-order valence-electron chi connectivity index (χ2n) is 5.01. The molecule has 0 radical (unpaired) electrons. The van der Waals surface area contributed by atoms with Crippen LogP contribution in [0.15, 0.2) is 12.1 Å². The average Bonchev–Trinajstić information content (AvgIpc) is 2.48. The summed E-state index contributed by atoms with van der Waals surface area (Å²) in [5.41, 5.74) is 2.31. The van der Waals surface area contributed by atoms with Gasteiger partial charge in [-0.3, -0.25) is 4.79 Å². The Balaban J connectivity index is 2.24. The second-order valence-corrected chi connectivity index (χ2v) is 5.39. The largest absolute Gasteiger partial charge is 0.507 e. The van der Waals surface area contributed by atoms with E-state index >= 15 is 0 Å². The number of aromatic nitrogens is 1. The zero-order valence-corrected chi connectivity index (χ0v) is 12.1. The molecule has 2 aromatic rings. The lowest BCUT2D eigenvalue weighted by molar-refractivity contribution is -0.129. The van der Waals surface area contributed by atoms with Crippen molar-refractivity contribution in [1.29, 1.82) is 0 Å². The first-order chi connectivity index (χ1) is 10.0. The van der Waals surface area contributed by atoms with Crippen molar-refractivity contribution in [2.45, 2.75) is 19.9 Å². The second kappa shape index (κ2) is 4.90. The minimum absolute atomic E-state index is 0.00503. The predicted octanol–water partition coefficient (Wildman–Crippen LogP) is 3.05. The quantitative estimate of drug-likeness (QED) is 0.761. The zero-order chi connectivity index (χ0) is 15.1. The number of rotatable bonds is 0. The summed E-state index contributed by atoms with van der Waals surface area (Å²) >= 11 is 6.44. The number of aromatic hydroxyl groups is 1. The number of pyridine rings is 1. The highest BCUT2D eigenvalue weighted by Gasteiger charge is 2.24. The van der Waals surface area contributed by atoms with Crippen molar-refractivity contribution in [3.8, 4) is 5.75 Å². The number of halogens is 1. The molecule has 1 aliphatic rings. The van der Waals surface area contributed by atoms with E-state index in [9.17, 15) is 9.90 Å². The molecule has 1 amide bonds. The number of benzene rings is 1. The molecule has 0 spiro atoms. The molecule has 1 aliphatic heterocycles. The van der Waals surface area contributed by atoms with Crippen molar-refractivity contribution in [1.82, 2.24) is 9.88 Å². The molecular weight excluding hydrogens is 290 g/mol. The molecular formula is C15H12ClN3O2. The molecule has 0 bridgehead atoms. The molecule has 2 heterocycles. The summed E-state index contributed by atoms with van der Waals surface area (Å²) < 4.78 is 0. The van der Waals surface area contributed by atoms with Crippen LogP contribution < -0.4 is 0 Å². The highest BCUT2D eigenvalue weighted by molar-refractivity contribution is 6.36. The Hall–Kier alpha value is -2.32. The molecule has 1 aromatic heterocycles. The third kappa shape index (κ3) is 2.18. The van der Waals surface area contributed by atoms with Crippen LogP contribution in [0.4, 0.5) is 5.69 Å². The van der Waals surface area contributed by atoms with E-state index in [1.807, 2.05) is 0 Å². The van der Waals surface area contributed by atoms with Crippen LogP contribution in [0.3, 0.4) is 0 Å². The minimum Gasteiger partial charge on any atom is -0.507 e. The van der Waals surface area contributed by atoms with Gasteiger partial charge in [0.05, 0.1) is 11.6 Å². The number of hydrogen-bond donors (Lipinski definition) is 1. The minimum atomic E-state index is -0.0443. The van der Waals surface area contributed by atoms with Crippen molar-refractivity contribution in [3.05, 3.63) is 39.8 Å². The van der Waals surface area contributed by atoms with Gasteiger partial charge in [0.15, 0.2) is 5.69 Å². The normalized spacial score (nSPS) is 13.9. The van der Waals surface area contributed by atoms with Crippen molar-refractivity contribution in [2.24, 2.45) is 0 Å². The lowest BCUT2D eigenvalue weighted by Crippen LogP contribution is -2.34. The number of phenols is 1. The number of amides is 1. The standard InChI is InChI=1S/C15H12ClN3O2/c1-8(20)19-4-3-12-11(7-19)14(16)10-5-9(17-2)6-13(21)15(10)18-12/h5-6,21H,3-4,7H2,1H3. The molecule has 0 saturated carbocycles. The monoisotopic (exact) mass is 301 g/mol. The first kappa shape index (κ1) is 13.7. The Bertz CT molecular complexity index is 811. The first-order valence-corrected chi connectivity index (χ1v) is 6.86. The van der Waals surface area contributed by atoms with E-state index in [0.29, 0.717) is 41.1 Å².